The van der Waals surface area contributed by atoms with Gasteiger partial charge < -0.3 is 5.11 Å². The molecule has 0 aliphatic carbocycles. The Morgan fingerprint density at radius 3 is 2.67 bits per heavy atom. The van der Waals surface area contributed by atoms with Gasteiger partial charge in [0.05, 0.1) is 5.69 Å². The highest BCUT2D eigenvalue weighted by Gasteiger charge is 2.11. The highest BCUT2D eigenvalue weighted by atomic mass is 16.4. The smallest absolute Gasteiger partial charge is 0.354 e. The molecule has 92 valence electrons. The van der Waals surface area contributed by atoms with Gasteiger partial charge >= 0.3 is 5.97 Å². The van der Waals surface area contributed by atoms with Gasteiger partial charge in [-0.1, -0.05) is 6.07 Å². The molecule has 18 heavy (non-hydrogen) atoms. The Morgan fingerprint density at radius 2 is 2.06 bits per heavy atom. The summed E-state index contributed by atoms with van der Waals surface area (Å²) >= 11 is 0. The van der Waals surface area contributed by atoms with Crippen LogP contribution in [-0.2, 0) is 0 Å². The first-order valence-corrected chi connectivity index (χ1v) is 5.39. The van der Waals surface area contributed by atoms with Gasteiger partial charge in [-0.15, -0.1) is 0 Å². The minimum Gasteiger partial charge on any atom is -0.477 e. The number of pyridine rings is 2. The first kappa shape index (κ1) is 12.0. The summed E-state index contributed by atoms with van der Waals surface area (Å²) in [6.07, 6.45) is 1.46. The van der Waals surface area contributed by atoms with E-state index in [-0.39, 0.29) is 11.3 Å². The van der Waals surface area contributed by atoms with Crippen LogP contribution in [-0.4, -0.2) is 20.6 Å². The molecule has 0 unspecified atom stereocenters. The molecule has 0 aliphatic rings. The van der Waals surface area contributed by atoms with Crippen molar-refractivity contribution < 1.29 is 9.90 Å². The second-order valence-electron chi connectivity index (χ2n) is 4.00. The number of carbonyl (C=O) groups is 1. The van der Waals surface area contributed by atoms with Crippen LogP contribution >= 0.6 is 0 Å². The molecule has 0 saturated carbocycles. The van der Waals surface area contributed by atoms with Crippen LogP contribution in [0.5, 0.6) is 0 Å². The van der Waals surface area contributed by atoms with Gasteiger partial charge in [0.15, 0.2) is 0 Å². The standard InChI is InChI=1S/C13H12N2O3/c1-8-7-14-10(13(17)18)6-11(8)15-9(2)4-3-5-12(15)16/h3-7H,1-2H3,(H,17,18). The van der Waals surface area contributed by atoms with Gasteiger partial charge in [-0.05, 0) is 31.5 Å². The van der Waals surface area contributed by atoms with E-state index >= 15 is 0 Å². The predicted molar refractivity (Wildman–Crippen MR) is 66.3 cm³/mol. The van der Waals surface area contributed by atoms with Gasteiger partial charge in [-0.2, -0.15) is 0 Å². The maximum Gasteiger partial charge on any atom is 0.354 e. The van der Waals surface area contributed by atoms with E-state index < -0.39 is 5.97 Å². The Hall–Kier alpha value is -2.43. The molecule has 2 aromatic rings. The lowest BCUT2D eigenvalue weighted by atomic mass is 10.2. The molecule has 5 nitrogen and oxygen atoms in total. The summed E-state index contributed by atoms with van der Waals surface area (Å²) in [4.78, 5) is 26.6. The van der Waals surface area contributed by atoms with E-state index in [4.69, 9.17) is 5.11 Å². The molecular weight excluding hydrogens is 232 g/mol. The fourth-order valence-corrected chi connectivity index (χ4v) is 1.77. The third-order valence-corrected chi connectivity index (χ3v) is 2.68. The van der Waals surface area contributed by atoms with Crippen molar-refractivity contribution in [3.05, 3.63) is 57.8 Å². The second kappa shape index (κ2) is 4.44. The van der Waals surface area contributed by atoms with Crippen molar-refractivity contribution in [1.82, 2.24) is 9.55 Å². The largest absolute Gasteiger partial charge is 0.477 e. The number of aromatic carboxylic acids is 1. The van der Waals surface area contributed by atoms with E-state index in [1.165, 1.54) is 22.9 Å². The molecule has 0 atom stereocenters. The van der Waals surface area contributed by atoms with Crippen molar-refractivity contribution in [2.75, 3.05) is 0 Å². The summed E-state index contributed by atoms with van der Waals surface area (Å²) in [7, 11) is 0. The van der Waals surface area contributed by atoms with E-state index in [0.717, 1.165) is 11.3 Å². The summed E-state index contributed by atoms with van der Waals surface area (Å²) in [6, 6.07) is 6.31. The van der Waals surface area contributed by atoms with Crippen LogP contribution in [0.3, 0.4) is 0 Å². The Morgan fingerprint density at radius 1 is 1.33 bits per heavy atom. The number of carboxylic acids is 1. The van der Waals surface area contributed by atoms with Crippen molar-refractivity contribution in [3.63, 3.8) is 0 Å². The zero-order valence-corrected chi connectivity index (χ0v) is 10.0. The predicted octanol–water partition coefficient (Wildman–Crippen LogP) is 1.55. The lowest BCUT2D eigenvalue weighted by Gasteiger charge is -2.12. The average Bonchev–Trinajstić information content (AvgIpc) is 2.30. The van der Waals surface area contributed by atoms with Crippen LogP contribution < -0.4 is 5.56 Å². The zero-order valence-electron chi connectivity index (χ0n) is 10.0. The Balaban J connectivity index is 2.74. The van der Waals surface area contributed by atoms with E-state index in [1.54, 1.807) is 26.0 Å². The maximum atomic E-state index is 11.9. The van der Waals surface area contributed by atoms with E-state index in [1.807, 2.05) is 0 Å². The third-order valence-electron chi connectivity index (χ3n) is 2.68. The first-order chi connectivity index (χ1) is 8.50. The van der Waals surface area contributed by atoms with Gasteiger partial charge in [0, 0.05) is 18.0 Å². The molecule has 0 radical (unpaired) electrons. The fraction of sp³-hybridized carbons (Fsp3) is 0.154. The number of hydrogen-bond donors (Lipinski definition) is 1. The number of aryl methyl sites for hydroxylation is 2. The van der Waals surface area contributed by atoms with Crippen LogP contribution in [0.1, 0.15) is 21.7 Å². The summed E-state index contributed by atoms with van der Waals surface area (Å²) in [6.45, 7) is 3.58. The van der Waals surface area contributed by atoms with Gasteiger partial charge in [-0.3, -0.25) is 9.36 Å². The molecule has 0 amide bonds. The number of hydrogen-bond acceptors (Lipinski definition) is 3. The topological polar surface area (TPSA) is 72.2 Å². The molecule has 0 spiro atoms. The molecule has 0 aromatic carbocycles. The number of carboxylic acid groups (broad SMARTS) is 1. The normalized spacial score (nSPS) is 10.3. The third kappa shape index (κ3) is 2.02. The lowest BCUT2D eigenvalue weighted by molar-refractivity contribution is 0.0690. The summed E-state index contributed by atoms with van der Waals surface area (Å²) < 4.78 is 1.48. The van der Waals surface area contributed by atoms with E-state index in [2.05, 4.69) is 4.98 Å². The summed E-state index contributed by atoms with van der Waals surface area (Å²) in [5, 5.41) is 8.94. The molecule has 2 rings (SSSR count). The minimum absolute atomic E-state index is 0.0780. The fourth-order valence-electron chi connectivity index (χ4n) is 1.77. The molecule has 2 aromatic heterocycles. The lowest BCUT2D eigenvalue weighted by Crippen LogP contribution is -2.20. The van der Waals surface area contributed by atoms with Crippen molar-refractivity contribution in [2.45, 2.75) is 13.8 Å². The van der Waals surface area contributed by atoms with Crippen LogP contribution in [0.4, 0.5) is 0 Å². The number of aromatic nitrogens is 2. The van der Waals surface area contributed by atoms with Gasteiger partial charge in [-0.25, -0.2) is 9.78 Å². The van der Waals surface area contributed by atoms with Gasteiger partial charge in [0.25, 0.3) is 5.56 Å². The minimum atomic E-state index is -1.11. The molecule has 0 fully saturated rings. The van der Waals surface area contributed by atoms with Crippen molar-refractivity contribution in [3.8, 4) is 5.69 Å². The van der Waals surface area contributed by atoms with Crippen molar-refractivity contribution in [1.29, 1.82) is 0 Å². The highest BCUT2D eigenvalue weighted by Crippen LogP contribution is 2.14. The summed E-state index contributed by atoms with van der Waals surface area (Å²) in [5.74, 6) is -1.11. The molecule has 5 heteroatoms. The Bertz CT molecular complexity index is 674. The number of rotatable bonds is 2. The zero-order chi connectivity index (χ0) is 13.3. The van der Waals surface area contributed by atoms with Gasteiger partial charge in [0.1, 0.15) is 5.69 Å². The molecule has 0 saturated heterocycles. The van der Waals surface area contributed by atoms with E-state index in [0.29, 0.717) is 5.69 Å². The van der Waals surface area contributed by atoms with E-state index in [9.17, 15) is 9.59 Å². The first-order valence-electron chi connectivity index (χ1n) is 5.39. The van der Waals surface area contributed by atoms with Gasteiger partial charge in [0.2, 0.25) is 0 Å². The summed E-state index contributed by atoms with van der Waals surface area (Å²) in [5.41, 5.74) is 1.77. The average molecular weight is 244 g/mol. The SMILES string of the molecule is Cc1cnc(C(=O)O)cc1-n1c(C)cccc1=O. The van der Waals surface area contributed by atoms with Crippen LogP contribution in [0.25, 0.3) is 5.69 Å². The Labute approximate surface area is 103 Å². The highest BCUT2D eigenvalue weighted by molar-refractivity contribution is 5.86. The molecule has 0 aliphatic heterocycles. The monoisotopic (exact) mass is 244 g/mol. The van der Waals surface area contributed by atoms with Crippen LogP contribution in [0.2, 0.25) is 0 Å². The van der Waals surface area contributed by atoms with Crippen molar-refractivity contribution in [2.24, 2.45) is 0 Å². The quantitative estimate of drug-likeness (QED) is 0.869. The van der Waals surface area contributed by atoms with Crippen molar-refractivity contribution >= 4 is 5.97 Å². The molecule has 1 N–H and O–H groups in total. The molecular formula is C13H12N2O3. The van der Waals surface area contributed by atoms with Crippen LogP contribution in [0.15, 0.2) is 35.3 Å². The number of nitrogens with zero attached hydrogens (tertiary/aromatic N) is 2. The molecule has 2 heterocycles. The Kier molecular flexibility index (Phi) is 2.97. The molecule has 0 bridgehead atoms. The van der Waals surface area contributed by atoms with Crippen LogP contribution in [0, 0.1) is 13.8 Å². The maximum absolute atomic E-state index is 11.9. The second-order valence-corrected chi connectivity index (χ2v) is 4.00.